The summed E-state index contributed by atoms with van der Waals surface area (Å²) in [4.78, 5) is 37.9. The van der Waals surface area contributed by atoms with Crippen LogP contribution in [-0.2, 0) is 28.6 Å². The van der Waals surface area contributed by atoms with Crippen LogP contribution in [0.4, 0.5) is 0 Å². The van der Waals surface area contributed by atoms with Crippen LogP contribution in [0.5, 0.6) is 0 Å². The van der Waals surface area contributed by atoms with Crippen molar-refractivity contribution in [2.45, 2.75) is 239 Å². The predicted octanol–water partition coefficient (Wildman–Crippen LogP) is 16.3. The van der Waals surface area contributed by atoms with Gasteiger partial charge in [-0.1, -0.05) is 222 Å². The Labute approximate surface area is 370 Å². The first kappa shape index (κ1) is 56.9. The third-order valence-electron chi connectivity index (χ3n) is 10.6. The SMILES string of the molecule is CC\C=C/C=C\C=C/C=C\CCCCCCCC(=O)OCC(COC(=O)CCCCCCC/C=C\C/C=C\CC)OC(=O)CCCCCCCCCCCCCCCCC. The van der Waals surface area contributed by atoms with E-state index >= 15 is 0 Å². The molecule has 0 aliphatic carbocycles. The Morgan fingerprint density at radius 1 is 0.367 bits per heavy atom. The number of esters is 3. The summed E-state index contributed by atoms with van der Waals surface area (Å²) in [7, 11) is 0. The number of allylic oxidation sites excluding steroid dienone is 12. The Kier molecular flexibility index (Phi) is 46.0. The Bertz CT molecular complexity index is 1140. The van der Waals surface area contributed by atoms with Crippen molar-refractivity contribution in [2.75, 3.05) is 13.2 Å². The smallest absolute Gasteiger partial charge is 0.306 e. The molecule has 0 rings (SSSR count). The molecular formula is C54H92O6. The molecule has 60 heavy (non-hydrogen) atoms. The van der Waals surface area contributed by atoms with E-state index in [2.05, 4.69) is 75.5 Å². The van der Waals surface area contributed by atoms with E-state index in [9.17, 15) is 14.4 Å². The molecule has 344 valence electrons. The van der Waals surface area contributed by atoms with Crippen molar-refractivity contribution < 1.29 is 28.6 Å². The van der Waals surface area contributed by atoms with Crippen LogP contribution in [-0.4, -0.2) is 37.2 Å². The van der Waals surface area contributed by atoms with E-state index in [0.717, 1.165) is 116 Å². The van der Waals surface area contributed by atoms with Crippen LogP contribution in [0, 0.1) is 0 Å². The molecular weight excluding hydrogens is 745 g/mol. The minimum atomic E-state index is -0.788. The second-order valence-corrected chi connectivity index (χ2v) is 16.4. The fourth-order valence-corrected chi connectivity index (χ4v) is 6.84. The lowest BCUT2D eigenvalue weighted by molar-refractivity contribution is -0.167. The third kappa shape index (κ3) is 45.9. The molecule has 1 unspecified atom stereocenters. The van der Waals surface area contributed by atoms with E-state index in [-0.39, 0.29) is 31.1 Å². The van der Waals surface area contributed by atoms with Crippen LogP contribution < -0.4 is 0 Å². The van der Waals surface area contributed by atoms with E-state index in [1.807, 2.05) is 18.2 Å². The fourth-order valence-electron chi connectivity index (χ4n) is 6.84. The van der Waals surface area contributed by atoms with Gasteiger partial charge < -0.3 is 14.2 Å². The molecule has 0 bridgehead atoms. The first-order valence-corrected chi connectivity index (χ1v) is 25.0. The highest BCUT2D eigenvalue weighted by Crippen LogP contribution is 2.15. The number of unbranched alkanes of at least 4 members (excludes halogenated alkanes) is 24. The Balaban J connectivity index is 4.42. The van der Waals surface area contributed by atoms with Crippen LogP contribution in [0.1, 0.15) is 233 Å². The number of rotatable bonds is 44. The van der Waals surface area contributed by atoms with Gasteiger partial charge in [-0.05, 0) is 64.2 Å². The van der Waals surface area contributed by atoms with Crippen LogP contribution >= 0.6 is 0 Å². The van der Waals surface area contributed by atoms with Gasteiger partial charge in [0.15, 0.2) is 6.10 Å². The van der Waals surface area contributed by atoms with Crippen LogP contribution in [0.15, 0.2) is 72.9 Å². The highest BCUT2D eigenvalue weighted by Gasteiger charge is 2.19. The van der Waals surface area contributed by atoms with Gasteiger partial charge in [0.05, 0.1) is 0 Å². The van der Waals surface area contributed by atoms with Crippen molar-refractivity contribution in [3.05, 3.63) is 72.9 Å². The van der Waals surface area contributed by atoms with Crippen molar-refractivity contribution in [3.8, 4) is 0 Å². The molecule has 6 heteroatoms. The Hall–Kier alpha value is -3.15. The number of hydrogen-bond acceptors (Lipinski definition) is 6. The maximum absolute atomic E-state index is 12.8. The number of hydrogen-bond donors (Lipinski definition) is 0. The lowest BCUT2D eigenvalue weighted by Gasteiger charge is -2.18. The van der Waals surface area contributed by atoms with Gasteiger partial charge in [-0.15, -0.1) is 0 Å². The average Bonchev–Trinajstić information content (AvgIpc) is 3.24. The lowest BCUT2D eigenvalue weighted by Crippen LogP contribution is -2.30. The van der Waals surface area contributed by atoms with Crippen LogP contribution in [0.3, 0.4) is 0 Å². The number of carbonyl (C=O) groups is 3. The molecule has 0 amide bonds. The van der Waals surface area contributed by atoms with Crippen LogP contribution in [0.25, 0.3) is 0 Å². The summed E-state index contributed by atoms with van der Waals surface area (Å²) >= 11 is 0. The molecule has 0 aliphatic rings. The van der Waals surface area contributed by atoms with Crippen LogP contribution in [0.2, 0.25) is 0 Å². The highest BCUT2D eigenvalue weighted by molar-refractivity contribution is 5.71. The molecule has 0 saturated heterocycles. The average molecular weight is 837 g/mol. The zero-order valence-corrected chi connectivity index (χ0v) is 39.2. The van der Waals surface area contributed by atoms with Gasteiger partial charge in [-0.3, -0.25) is 14.4 Å². The fraction of sp³-hybridized carbons (Fsp3) is 0.722. The van der Waals surface area contributed by atoms with Gasteiger partial charge in [0.1, 0.15) is 13.2 Å². The molecule has 1 atom stereocenters. The normalized spacial score (nSPS) is 12.7. The van der Waals surface area contributed by atoms with Crippen molar-refractivity contribution in [1.82, 2.24) is 0 Å². The molecule has 0 aromatic carbocycles. The summed E-state index contributed by atoms with van der Waals surface area (Å²) < 4.78 is 16.7. The predicted molar refractivity (Wildman–Crippen MR) is 256 cm³/mol. The summed E-state index contributed by atoms with van der Waals surface area (Å²) in [6.07, 6.45) is 60.2. The molecule has 0 aromatic heterocycles. The van der Waals surface area contributed by atoms with Gasteiger partial charge in [0.25, 0.3) is 0 Å². The van der Waals surface area contributed by atoms with Crippen molar-refractivity contribution in [2.24, 2.45) is 0 Å². The van der Waals surface area contributed by atoms with Crippen molar-refractivity contribution in [3.63, 3.8) is 0 Å². The zero-order valence-electron chi connectivity index (χ0n) is 39.2. The first-order chi connectivity index (χ1) is 29.5. The molecule has 0 spiro atoms. The zero-order chi connectivity index (χ0) is 43.7. The maximum atomic E-state index is 12.8. The quantitative estimate of drug-likeness (QED) is 0.0200. The number of ether oxygens (including phenoxy) is 3. The Morgan fingerprint density at radius 2 is 0.733 bits per heavy atom. The molecule has 0 fully saturated rings. The maximum Gasteiger partial charge on any atom is 0.306 e. The van der Waals surface area contributed by atoms with E-state index in [1.165, 1.54) is 77.0 Å². The van der Waals surface area contributed by atoms with Gasteiger partial charge in [-0.25, -0.2) is 0 Å². The summed E-state index contributed by atoms with van der Waals surface area (Å²) in [6.45, 7) is 6.36. The summed E-state index contributed by atoms with van der Waals surface area (Å²) in [6, 6.07) is 0. The second kappa shape index (κ2) is 48.5. The molecule has 0 heterocycles. The van der Waals surface area contributed by atoms with Crippen molar-refractivity contribution in [1.29, 1.82) is 0 Å². The standard InChI is InChI=1S/C54H92O6/c1-4-7-10-13-16-19-22-25-27-29-32-35-38-41-44-47-53(56)59-50-51(49-58-52(55)46-43-40-37-34-31-24-21-18-15-12-9-6-3)60-54(57)48-45-42-39-36-33-30-28-26-23-20-17-14-11-8-5-2/h7,9-10,12-13,16,18-19,21-22,25,27,51H,4-6,8,11,14-15,17,20,23-24,26,28-50H2,1-3H3/b10-7-,12-9-,16-13-,21-18-,22-19-,27-25-. The highest BCUT2D eigenvalue weighted by atomic mass is 16.6. The molecule has 0 aromatic rings. The Morgan fingerprint density at radius 3 is 1.20 bits per heavy atom. The molecule has 6 nitrogen and oxygen atoms in total. The van der Waals surface area contributed by atoms with E-state index in [4.69, 9.17) is 14.2 Å². The monoisotopic (exact) mass is 837 g/mol. The molecule has 0 N–H and O–H groups in total. The minimum absolute atomic E-state index is 0.0896. The van der Waals surface area contributed by atoms with E-state index in [0.29, 0.717) is 19.3 Å². The second-order valence-electron chi connectivity index (χ2n) is 16.4. The van der Waals surface area contributed by atoms with Gasteiger partial charge in [0.2, 0.25) is 0 Å². The van der Waals surface area contributed by atoms with Crippen molar-refractivity contribution >= 4 is 17.9 Å². The van der Waals surface area contributed by atoms with E-state index < -0.39 is 6.10 Å². The largest absolute Gasteiger partial charge is 0.462 e. The van der Waals surface area contributed by atoms with Gasteiger partial charge in [0, 0.05) is 19.3 Å². The molecule has 0 aliphatic heterocycles. The van der Waals surface area contributed by atoms with Gasteiger partial charge in [-0.2, -0.15) is 0 Å². The lowest BCUT2D eigenvalue weighted by atomic mass is 10.0. The number of carbonyl (C=O) groups excluding carboxylic acids is 3. The van der Waals surface area contributed by atoms with E-state index in [1.54, 1.807) is 0 Å². The summed E-state index contributed by atoms with van der Waals surface area (Å²) in [5.74, 6) is -0.924. The van der Waals surface area contributed by atoms with Gasteiger partial charge >= 0.3 is 17.9 Å². The molecule has 0 saturated carbocycles. The summed E-state index contributed by atoms with van der Waals surface area (Å²) in [5, 5.41) is 0. The first-order valence-electron chi connectivity index (χ1n) is 25.0. The topological polar surface area (TPSA) is 78.9 Å². The summed E-state index contributed by atoms with van der Waals surface area (Å²) in [5.41, 5.74) is 0. The third-order valence-corrected chi connectivity index (χ3v) is 10.6. The minimum Gasteiger partial charge on any atom is -0.462 e. The molecule has 0 radical (unpaired) electrons.